The highest BCUT2D eigenvalue weighted by atomic mass is 79.9. The molecule has 0 aromatic heterocycles. The number of fused-ring (bicyclic) bond motifs is 1. The van der Waals surface area contributed by atoms with Gasteiger partial charge in [-0.1, -0.05) is 11.6 Å². The summed E-state index contributed by atoms with van der Waals surface area (Å²) in [6.07, 6.45) is 1.51. The molecule has 0 unspecified atom stereocenters. The van der Waals surface area contributed by atoms with Gasteiger partial charge in [-0.3, -0.25) is 14.4 Å². The molecule has 4 rings (SSSR count). The fourth-order valence-corrected chi connectivity index (χ4v) is 5.13. The number of amides is 1. The van der Waals surface area contributed by atoms with E-state index in [1.807, 2.05) is 0 Å². The summed E-state index contributed by atoms with van der Waals surface area (Å²) >= 11 is 9.46. The maximum Gasteiger partial charge on any atom is 0.310 e. The van der Waals surface area contributed by atoms with Gasteiger partial charge in [0.05, 0.1) is 16.9 Å². The molecule has 3 fully saturated rings. The molecule has 1 amide bonds. The first-order chi connectivity index (χ1) is 12.4. The van der Waals surface area contributed by atoms with Crippen molar-refractivity contribution in [2.45, 2.75) is 25.9 Å². The molecule has 3 aliphatic rings. The van der Waals surface area contributed by atoms with Gasteiger partial charge in [-0.2, -0.15) is 0 Å². The van der Waals surface area contributed by atoms with Crippen LogP contribution in [0, 0.1) is 30.6 Å². The number of esters is 2. The van der Waals surface area contributed by atoms with E-state index in [-0.39, 0.29) is 23.9 Å². The topological polar surface area (TPSA) is 81.7 Å². The lowest BCUT2D eigenvalue weighted by Gasteiger charge is -2.22. The highest BCUT2D eigenvalue weighted by molar-refractivity contribution is 9.10. The summed E-state index contributed by atoms with van der Waals surface area (Å²) in [7, 11) is 0. The zero-order chi connectivity index (χ0) is 18.6. The Balaban J connectivity index is 1.36. The van der Waals surface area contributed by atoms with E-state index in [1.54, 1.807) is 19.1 Å². The normalized spacial score (nSPS) is 31.0. The molecule has 1 heterocycles. The van der Waals surface area contributed by atoms with Gasteiger partial charge in [0.15, 0.2) is 6.61 Å². The molecule has 138 valence electrons. The molecular weight excluding hydrogens is 426 g/mol. The molecule has 0 spiro atoms. The van der Waals surface area contributed by atoms with E-state index in [2.05, 4.69) is 21.2 Å². The average molecular weight is 443 g/mol. The Labute approximate surface area is 163 Å². The highest BCUT2D eigenvalue weighted by Gasteiger charge is 2.64. The molecule has 2 aliphatic carbocycles. The first kappa shape index (κ1) is 17.8. The van der Waals surface area contributed by atoms with Gasteiger partial charge in [0.1, 0.15) is 6.10 Å². The Morgan fingerprint density at radius 2 is 2.15 bits per heavy atom. The number of hydrogen-bond donors (Lipinski definition) is 1. The van der Waals surface area contributed by atoms with Crippen molar-refractivity contribution in [2.24, 2.45) is 23.7 Å². The van der Waals surface area contributed by atoms with E-state index < -0.39 is 30.3 Å². The third-order valence-corrected chi connectivity index (χ3v) is 7.09. The first-order valence-corrected chi connectivity index (χ1v) is 9.65. The molecule has 1 aromatic carbocycles. The van der Waals surface area contributed by atoms with Crippen molar-refractivity contribution in [1.29, 1.82) is 0 Å². The highest BCUT2D eigenvalue weighted by Crippen LogP contribution is 2.57. The second-order valence-corrected chi connectivity index (χ2v) is 8.34. The minimum absolute atomic E-state index is 0.0324. The smallest absolute Gasteiger partial charge is 0.310 e. The minimum Gasteiger partial charge on any atom is -0.462 e. The Bertz CT molecular complexity index is 811. The van der Waals surface area contributed by atoms with Crippen molar-refractivity contribution >= 4 is 51.1 Å². The predicted octanol–water partition coefficient (Wildman–Crippen LogP) is 3.09. The molecule has 8 heteroatoms. The number of carbonyl (C=O) groups is 3. The second kappa shape index (κ2) is 6.53. The van der Waals surface area contributed by atoms with Crippen molar-refractivity contribution in [3.63, 3.8) is 0 Å². The van der Waals surface area contributed by atoms with E-state index in [9.17, 15) is 14.4 Å². The van der Waals surface area contributed by atoms with Gasteiger partial charge in [0, 0.05) is 16.1 Å². The van der Waals surface area contributed by atoms with E-state index in [0.717, 1.165) is 17.3 Å². The molecule has 1 aromatic rings. The lowest BCUT2D eigenvalue weighted by molar-refractivity contribution is -0.157. The zero-order valence-electron chi connectivity index (χ0n) is 14.0. The maximum atomic E-state index is 12.5. The molecule has 1 N–H and O–H groups in total. The molecule has 1 saturated heterocycles. The van der Waals surface area contributed by atoms with Crippen molar-refractivity contribution in [2.75, 3.05) is 11.9 Å². The molecule has 6 nitrogen and oxygen atoms in total. The number of carbonyl (C=O) groups excluding carboxylic acids is 3. The lowest BCUT2D eigenvalue weighted by atomic mass is 9.80. The fraction of sp³-hybridized carbons (Fsp3) is 0.500. The van der Waals surface area contributed by atoms with Crippen LogP contribution in [0.1, 0.15) is 18.4 Å². The molecular formula is C18H17BrClNO5. The number of anilines is 1. The number of nitrogens with one attached hydrogen (secondary N) is 1. The maximum absolute atomic E-state index is 12.5. The molecule has 1 aliphatic heterocycles. The summed E-state index contributed by atoms with van der Waals surface area (Å²) in [6, 6.07) is 3.45. The lowest BCUT2D eigenvalue weighted by Crippen LogP contribution is -2.35. The van der Waals surface area contributed by atoms with Crippen LogP contribution in [-0.2, 0) is 23.9 Å². The summed E-state index contributed by atoms with van der Waals surface area (Å²) in [4.78, 5) is 36.5. The van der Waals surface area contributed by atoms with Crippen LogP contribution in [0.25, 0.3) is 0 Å². The number of rotatable bonds is 4. The third kappa shape index (κ3) is 2.81. The summed E-state index contributed by atoms with van der Waals surface area (Å²) < 4.78 is 11.3. The minimum atomic E-state index is -0.486. The van der Waals surface area contributed by atoms with Crippen molar-refractivity contribution < 1.29 is 23.9 Å². The summed E-state index contributed by atoms with van der Waals surface area (Å²) in [5, 5.41) is 3.20. The second-order valence-electron chi connectivity index (χ2n) is 7.11. The van der Waals surface area contributed by atoms with Crippen molar-refractivity contribution in [3.8, 4) is 0 Å². The summed E-state index contributed by atoms with van der Waals surface area (Å²) in [6.45, 7) is 1.39. The first-order valence-electron chi connectivity index (χ1n) is 8.48. The van der Waals surface area contributed by atoms with Gasteiger partial charge in [0.2, 0.25) is 0 Å². The monoisotopic (exact) mass is 441 g/mol. The molecule has 2 saturated carbocycles. The van der Waals surface area contributed by atoms with Crippen LogP contribution >= 0.6 is 27.5 Å². The van der Waals surface area contributed by atoms with Gasteiger partial charge in [0.25, 0.3) is 5.91 Å². The van der Waals surface area contributed by atoms with Crippen LogP contribution in [0.15, 0.2) is 16.6 Å². The predicted molar refractivity (Wildman–Crippen MR) is 96.6 cm³/mol. The average Bonchev–Trinajstić information content (AvgIpc) is 3.22. The van der Waals surface area contributed by atoms with Gasteiger partial charge in [-0.15, -0.1) is 0 Å². The van der Waals surface area contributed by atoms with Gasteiger partial charge in [-0.05, 0) is 59.3 Å². The molecule has 2 bridgehead atoms. The van der Waals surface area contributed by atoms with Gasteiger partial charge in [-0.25, -0.2) is 0 Å². The Hall–Kier alpha value is -1.60. The molecule has 5 atom stereocenters. The summed E-state index contributed by atoms with van der Waals surface area (Å²) in [5.74, 6) is -1.87. The Morgan fingerprint density at radius 1 is 1.38 bits per heavy atom. The zero-order valence-corrected chi connectivity index (χ0v) is 16.3. The van der Waals surface area contributed by atoms with Gasteiger partial charge < -0.3 is 14.8 Å². The number of halogens is 2. The van der Waals surface area contributed by atoms with Crippen LogP contribution in [0.5, 0.6) is 0 Å². The standard InChI is InChI=1S/C18H17BrClNO5/c1-7-11(3-2-10(19)16(7)20)21-13(22)6-25-17(23)14-8-4-9-12(5-8)26-18(24)15(9)14/h2-3,8-9,12,14-15H,4-6H2,1H3,(H,21,22)/t8-,9+,12-,14-,15+/m1/s1. The third-order valence-electron chi connectivity index (χ3n) is 5.71. The quantitative estimate of drug-likeness (QED) is 0.725. The van der Waals surface area contributed by atoms with Crippen LogP contribution in [0.4, 0.5) is 5.69 Å². The fourth-order valence-electron chi connectivity index (χ4n) is 4.53. The van der Waals surface area contributed by atoms with Crippen LogP contribution in [-0.4, -0.2) is 30.6 Å². The summed E-state index contributed by atoms with van der Waals surface area (Å²) in [5.41, 5.74) is 1.27. The van der Waals surface area contributed by atoms with Crippen LogP contribution < -0.4 is 5.32 Å². The van der Waals surface area contributed by atoms with E-state index >= 15 is 0 Å². The van der Waals surface area contributed by atoms with Gasteiger partial charge >= 0.3 is 11.9 Å². The largest absolute Gasteiger partial charge is 0.462 e. The van der Waals surface area contributed by atoms with Crippen LogP contribution in [0.2, 0.25) is 5.02 Å². The number of ether oxygens (including phenoxy) is 2. The van der Waals surface area contributed by atoms with Crippen LogP contribution in [0.3, 0.4) is 0 Å². The van der Waals surface area contributed by atoms with Crippen molar-refractivity contribution in [1.82, 2.24) is 0 Å². The van der Waals surface area contributed by atoms with E-state index in [0.29, 0.717) is 16.3 Å². The van der Waals surface area contributed by atoms with Crippen molar-refractivity contribution in [3.05, 3.63) is 27.2 Å². The number of hydrogen-bond acceptors (Lipinski definition) is 5. The van der Waals surface area contributed by atoms with E-state index in [4.69, 9.17) is 21.1 Å². The van der Waals surface area contributed by atoms with E-state index in [1.165, 1.54) is 0 Å². The number of benzene rings is 1. The Morgan fingerprint density at radius 3 is 2.92 bits per heavy atom. The molecule has 26 heavy (non-hydrogen) atoms. The molecule has 0 radical (unpaired) electrons. The SMILES string of the molecule is Cc1c(NC(=O)COC(=O)[C@@H]2[C@@H]3C[C@@H]4[C@@H]2C(=O)O[C@@H]4C3)ccc(Br)c1Cl. The Kier molecular flexibility index (Phi) is 4.47.